The SMILES string of the molecule is Clc1ccc2c(NCCCCN3CCOCC3)ccnc2c1. The number of benzene rings is 1. The second kappa shape index (κ2) is 7.77. The molecule has 2 aromatic rings. The first kappa shape index (κ1) is 15.5. The maximum absolute atomic E-state index is 6.02. The fourth-order valence-electron chi connectivity index (χ4n) is 2.78. The smallest absolute Gasteiger partial charge is 0.0737 e. The van der Waals surface area contributed by atoms with Gasteiger partial charge >= 0.3 is 0 Å². The van der Waals surface area contributed by atoms with Gasteiger partial charge in [0.25, 0.3) is 0 Å². The van der Waals surface area contributed by atoms with Crippen LogP contribution in [0.15, 0.2) is 30.5 Å². The van der Waals surface area contributed by atoms with Gasteiger partial charge in [-0.1, -0.05) is 11.6 Å². The van der Waals surface area contributed by atoms with Crippen molar-refractivity contribution in [1.29, 1.82) is 0 Å². The summed E-state index contributed by atoms with van der Waals surface area (Å²) < 4.78 is 5.36. The molecule has 0 spiro atoms. The number of ether oxygens (including phenoxy) is 1. The van der Waals surface area contributed by atoms with Crippen molar-refractivity contribution in [2.75, 3.05) is 44.7 Å². The molecule has 2 heterocycles. The molecule has 1 aliphatic heterocycles. The Kier molecular flexibility index (Phi) is 5.48. The van der Waals surface area contributed by atoms with Gasteiger partial charge < -0.3 is 10.1 Å². The number of morpholine rings is 1. The Morgan fingerprint density at radius 2 is 2.05 bits per heavy atom. The zero-order chi connectivity index (χ0) is 15.2. The summed E-state index contributed by atoms with van der Waals surface area (Å²) in [5.74, 6) is 0. The highest BCUT2D eigenvalue weighted by molar-refractivity contribution is 6.31. The van der Waals surface area contributed by atoms with Crippen LogP contribution in [-0.2, 0) is 4.74 Å². The van der Waals surface area contributed by atoms with E-state index in [9.17, 15) is 0 Å². The van der Waals surface area contributed by atoms with Crippen molar-refractivity contribution in [3.63, 3.8) is 0 Å². The summed E-state index contributed by atoms with van der Waals surface area (Å²) in [5.41, 5.74) is 2.07. The zero-order valence-corrected chi connectivity index (χ0v) is 13.5. The third-order valence-corrected chi connectivity index (χ3v) is 4.26. The molecule has 1 aromatic heterocycles. The number of anilines is 1. The third-order valence-electron chi connectivity index (χ3n) is 4.03. The molecule has 0 saturated carbocycles. The molecule has 0 amide bonds. The maximum atomic E-state index is 6.02. The van der Waals surface area contributed by atoms with Gasteiger partial charge in [-0.3, -0.25) is 9.88 Å². The van der Waals surface area contributed by atoms with E-state index in [2.05, 4.69) is 15.2 Å². The van der Waals surface area contributed by atoms with E-state index in [-0.39, 0.29) is 0 Å². The van der Waals surface area contributed by atoms with Crippen molar-refractivity contribution in [2.24, 2.45) is 0 Å². The van der Waals surface area contributed by atoms with Crippen LogP contribution >= 0.6 is 11.6 Å². The first-order valence-electron chi connectivity index (χ1n) is 7.91. The van der Waals surface area contributed by atoms with E-state index in [4.69, 9.17) is 16.3 Å². The number of fused-ring (bicyclic) bond motifs is 1. The molecule has 5 heteroatoms. The van der Waals surface area contributed by atoms with Crippen LogP contribution in [0.4, 0.5) is 5.69 Å². The van der Waals surface area contributed by atoms with Crippen molar-refractivity contribution in [2.45, 2.75) is 12.8 Å². The largest absolute Gasteiger partial charge is 0.384 e. The lowest BCUT2D eigenvalue weighted by molar-refractivity contribution is 0.0373. The molecule has 0 radical (unpaired) electrons. The number of hydrogen-bond acceptors (Lipinski definition) is 4. The topological polar surface area (TPSA) is 37.4 Å². The molecule has 1 N–H and O–H groups in total. The van der Waals surface area contributed by atoms with Crippen LogP contribution in [-0.4, -0.2) is 49.3 Å². The Hall–Kier alpha value is -1.36. The average molecular weight is 320 g/mol. The predicted octanol–water partition coefficient (Wildman–Crippen LogP) is 3.41. The standard InChI is InChI=1S/C17H22ClN3O/c18-14-3-4-15-16(5-7-20-17(15)13-14)19-6-1-2-8-21-9-11-22-12-10-21/h3-5,7,13H,1-2,6,8-12H2,(H,19,20). The molecular weight excluding hydrogens is 298 g/mol. The summed E-state index contributed by atoms with van der Waals surface area (Å²) in [7, 11) is 0. The number of halogens is 1. The van der Waals surface area contributed by atoms with Crippen molar-refractivity contribution >= 4 is 28.2 Å². The monoisotopic (exact) mass is 319 g/mol. The summed E-state index contributed by atoms with van der Waals surface area (Å²) in [6.07, 6.45) is 4.20. The van der Waals surface area contributed by atoms with Gasteiger partial charge in [-0.15, -0.1) is 0 Å². The molecule has 1 fully saturated rings. The quantitative estimate of drug-likeness (QED) is 0.828. The summed E-state index contributed by atoms with van der Waals surface area (Å²) in [6.45, 7) is 6.05. The Bertz CT molecular complexity index is 614. The highest BCUT2D eigenvalue weighted by Gasteiger charge is 2.09. The molecule has 22 heavy (non-hydrogen) atoms. The van der Waals surface area contributed by atoms with E-state index in [1.807, 2.05) is 30.5 Å². The fourth-order valence-corrected chi connectivity index (χ4v) is 2.95. The molecule has 4 nitrogen and oxygen atoms in total. The molecular formula is C17H22ClN3O. The molecule has 1 aromatic carbocycles. The first-order chi connectivity index (χ1) is 10.8. The van der Waals surface area contributed by atoms with Gasteiger partial charge in [-0.25, -0.2) is 0 Å². The molecule has 3 rings (SSSR count). The van der Waals surface area contributed by atoms with Gasteiger partial charge in [0.2, 0.25) is 0 Å². The van der Waals surface area contributed by atoms with E-state index in [1.165, 1.54) is 6.42 Å². The lowest BCUT2D eigenvalue weighted by atomic mass is 10.2. The van der Waals surface area contributed by atoms with Crippen LogP contribution in [0.2, 0.25) is 5.02 Å². The zero-order valence-electron chi connectivity index (χ0n) is 12.7. The van der Waals surface area contributed by atoms with Crippen LogP contribution in [0.1, 0.15) is 12.8 Å². The minimum Gasteiger partial charge on any atom is -0.384 e. The van der Waals surface area contributed by atoms with E-state index < -0.39 is 0 Å². The van der Waals surface area contributed by atoms with Gasteiger partial charge in [0.15, 0.2) is 0 Å². The van der Waals surface area contributed by atoms with Crippen molar-refractivity contribution in [3.05, 3.63) is 35.5 Å². The Morgan fingerprint density at radius 3 is 2.91 bits per heavy atom. The van der Waals surface area contributed by atoms with Gasteiger partial charge in [0.05, 0.1) is 18.7 Å². The summed E-state index contributed by atoms with van der Waals surface area (Å²) in [5, 5.41) is 5.37. The summed E-state index contributed by atoms with van der Waals surface area (Å²) in [6, 6.07) is 7.87. The van der Waals surface area contributed by atoms with E-state index in [0.717, 1.165) is 67.4 Å². The summed E-state index contributed by atoms with van der Waals surface area (Å²) >= 11 is 6.02. The normalized spacial score (nSPS) is 16.0. The van der Waals surface area contributed by atoms with Gasteiger partial charge in [0.1, 0.15) is 0 Å². The van der Waals surface area contributed by atoms with E-state index in [1.54, 1.807) is 0 Å². The number of nitrogens with one attached hydrogen (secondary N) is 1. The minimum atomic E-state index is 0.725. The van der Waals surface area contributed by atoms with Crippen LogP contribution in [0, 0.1) is 0 Å². The number of hydrogen-bond donors (Lipinski definition) is 1. The molecule has 1 saturated heterocycles. The number of rotatable bonds is 6. The maximum Gasteiger partial charge on any atom is 0.0737 e. The lowest BCUT2D eigenvalue weighted by Crippen LogP contribution is -2.36. The van der Waals surface area contributed by atoms with Gasteiger partial charge in [-0.05, 0) is 43.7 Å². The van der Waals surface area contributed by atoms with Crippen LogP contribution < -0.4 is 5.32 Å². The molecule has 1 aliphatic rings. The molecule has 0 bridgehead atoms. The second-order valence-corrected chi connectivity index (χ2v) is 6.04. The van der Waals surface area contributed by atoms with Crippen molar-refractivity contribution < 1.29 is 4.74 Å². The van der Waals surface area contributed by atoms with Crippen LogP contribution in [0.3, 0.4) is 0 Å². The molecule has 0 aliphatic carbocycles. The fraction of sp³-hybridized carbons (Fsp3) is 0.471. The third kappa shape index (κ3) is 4.09. The molecule has 0 unspecified atom stereocenters. The summed E-state index contributed by atoms with van der Waals surface area (Å²) in [4.78, 5) is 6.84. The highest BCUT2D eigenvalue weighted by atomic mass is 35.5. The highest BCUT2D eigenvalue weighted by Crippen LogP contribution is 2.24. The lowest BCUT2D eigenvalue weighted by Gasteiger charge is -2.26. The van der Waals surface area contributed by atoms with Crippen molar-refractivity contribution in [1.82, 2.24) is 9.88 Å². The van der Waals surface area contributed by atoms with Gasteiger partial charge in [0, 0.05) is 41.9 Å². The number of pyridine rings is 1. The van der Waals surface area contributed by atoms with Gasteiger partial charge in [-0.2, -0.15) is 0 Å². The minimum absolute atomic E-state index is 0.725. The predicted molar refractivity (Wildman–Crippen MR) is 91.7 cm³/mol. The number of aromatic nitrogens is 1. The van der Waals surface area contributed by atoms with Crippen molar-refractivity contribution in [3.8, 4) is 0 Å². The van der Waals surface area contributed by atoms with Crippen LogP contribution in [0.5, 0.6) is 0 Å². The first-order valence-corrected chi connectivity index (χ1v) is 8.29. The molecule has 0 atom stereocenters. The van der Waals surface area contributed by atoms with Crippen LogP contribution in [0.25, 0.3) is 10.9 Å². The van der Waals surface area contributed by atoms with E-state index in [0.29, 0.717) is 0 Å². The Labute approximate surface area is 136 Å². The Morgan fingerprint density at radius 1 is 1.18 bits per heavy atom. The number of unbranched alkanes of at least 4 members (excludes halogenated alkanes) is 1. The Balaban J connectivity index is 1.47. The van der Waals surface area contributed by atoms with E-state index >= 15 is 0 Å². The average Bonchev–Trinajstić information content (AvgIpc) is 2.55. The second-order valence-electron chi connectivity index (χ2n) is 5.61. The molecule has 118 valence electrons. The number of nitrogens with zero attached hydrogens (tertiary/aromatic N) is 2.